The van der Waals surface area contributed by atoms with Crippen LogP contribution in [0.15, 0.2) is 30.3 Å². The fourth-order valence-corrected chi connectivity index (χ4v) is 3.50. The number of nitrogens with one attached hydrogen (secondary N) is 1. The smallest absolute Gasteiger partial charge is 0.0705 e. The first-order valence-electron chi connectivity index (χ1n) is 8.34. The highest BCUT2D eigenvalue weighted by Crippen LogP contribution is 2.26. The lowest BCUT2D eigenvalue weighted by atomic mass is 9.84. The van der Waals surface area contributed by atoms with E-state index >= 15 is 0 Å². The number of fused-ring (bicyclic) bond motifs is 1. The highest BCUT2D eigenvalue weighted by atomic mass is 14.9. The minimum absolute atomic E-state index is 0.704. The van der Waals surface area contributed by atoms with Gasteiger partial charge in [0.15, 0.2) is 0 Å². The van der Waals surface area contributed by atoms with Gasteiger partial charge in [0.1, 0.15) is 0 Å². The van der Waals surface area contributed by atoms with Crippen molar-refractivity contribution in [3.8, 4) is 0 Å². The third-order valence-corrected chi connectivity index (χ3v) is 4.85. The molecule has 0 spiro atoms. The van der Waals surface area contributed by atoms with Gasteiger partial charge >= 0.3 is 0 Å². The van der Waals surface area contributed by atoms with Gasteiger partial charge < -0.3 is 5.32 Å². The average molecular weight is 282 g/mol. The molecule has 2 aromatic rings. The molecule has 1 N–H and O–H groups in total. The average Bonchev–Trinajstić information content (AvgIpc) is 2.53. The van der Waals surface area contributed by atoms with E-state index in [4.69, 9.17) is 0 Å². The summed E-state index contributed by atoms with van der Waals surface area (Å²) < 4.78 is 0. The lowest BCUT2D eigenvalue weighted by Crippen LogP contribution is -2.33. The maximum Gasteiger partial charge on any atom is 0.0705 e. The molecule has 0 radical (unpaired) electrons. The number of pyridine rings is 1. The van der Waals surface area contributed by atoms with E-state index in [2.05, 4.69) is 47.6 Å². The van der Waals surface area contributed by atoms with E-state index in [1.807, 2.05) is 6.92 Å². The van der Waals surface area contributed by atoms with Crippen molar-refractivity contribution in [1.29, 1.82) is 0 Å². The van der Waals surface area contributed by atoms with Gasteiger partial charge in [0.05, 0.1) is 5.52 Å². The quantitative estimate of drug-likeness (QED) is 0.886. The van der Waals surface area contributed by atoms with Crippen molar-refractivity contribution in [2.24, 2.45) is 5.92 Å². The van der Waals surface area contributed by atoms with Crippen LogP contribution in [0.5, 0.6) is 0 Å². The molecule has 0 amide bonds. The Kier molecular flexibility index (Phi) is 4.54. The summed E-state index contributed by atoms with van der Waals surface area (Å²) >= 11 is 0. The van der Waals surface area contributed by atoms with Crippen LogP contribution in [0, 0.1) is 12.8 Å². The van der Waals surface area contributed by atoms with Crippen LogP contribution in [0.4, 0.5) is 0 Å². The number of nitrogens with zero attached hydrogens (tertiary/aromatic N) is 1. The highest BCUT2D eigenvalue weighted by Gasteiger charge is 2.19. The second kappa shape index (κ2) is 6.57. The van der Waals surface area contributed by atoms with Crippen LogP contribution in [0.25, 0.3) is 10.9 Å². The molecule has 21 heavy (non-hydrogen) atoms. The number of aromatic nitrogens is 1. The minimum Gasteiger partial charge on any atom is -0.310 e. The Morgan fingerprint density at radius 3 is 2.95 bits per heavy atom. The Morgan fingerprint density at radius 1 is 1.19 bits per heavy atom. The Morgan fingerprint density at radius 2 is 2.10 bits per heavy atom. The van der Waals surface area contributed by atoms with Crippen LogP contribution >= 0.6 is 0 Å². The van der Waals surface area contributed by atoms with Gasteiger partial charge in [0, 0.05) is 23.7 Å². The molecule has 0 aliphatic heterocycles. The van der Waals surface area contributed by atoms with Crippen molar-refractivity contribution in [1.82, 2.24) is 10.3 Å². The molecule has 1 aliphatic rings. The molecule has 0 saturated heterocycles. The molecule has 1 heterocycles. The van der Waals surface area contributed by atoms with E-state index in [0.29, 0.717) is 6.04 Å². The van der Waals surface area contributed by atoms with Crippen LogP contribution in [0.2, 0.25) is 0 Å². The second-order valence-electron chi connectivity index (χ2n) is 6.50. The van der Waals surface area contributed by atoms with Crippen molar-refractivity contribution in [2.45, 2.75) is 58.5 Å². The fourth-order valence-electron chi connectivity index (χ4n) is 3.50. The fraction of sp³-hybridized carbons (Fsp3) is 0.526. The third kappa shape index (κ3) is 3.62. The Bertz CT molecular complexity index is 606. The second-order valence-corrected chi connectivity index (χ2v) is 6.50. The predicted molar refractivity (Wildman–Crippen MR) is 89.4 cm³/mol. The topological polar surface area (TPSA) is 24.9 Å². The molecule has 1 aromatic heterocycles. The molecule has 2 atom stereocenters. The van der Waals surface area contributed by atoms with Crippen LogP contribution in [-0.2, 0) is 6.54 Å². The third-order valence-electron chi connectivity index (χ3n) is 4.85. The number of hydrogen-bond acceptors (Lipinski definition) is 2. The Balaban J connectivity index is 1.63. The van der Waals surface area contributed by atoms with E-state index < -0.39 is 0 Å². The highest BCUT2D eigenvalue weighted by molar-refractivity contribution is 5.79. The van der Waals surface area contributed by atoms with Crippen molar-refractivity contribution >= 4 is 10.9 Å². The van der Waals surface area contributed by atoms with Gasteiger partial charge in [-0.15, -0.1) is 0 Å². The largest absolute Gasteiger partial charge is 0.310 e. The molecule has 1 fully saturated rings. The summed E-state index contributed by atoms with van der Waals surface area (Å²) in [5.74, 6) is 0.931. The van der Waals surface area contributed by atoms with Gasteiger partial charge in [-0.1, -0.05) is 38.3 Å². The molecule has 112 valence electrons. The standard InChI is InChI=1S/C19H26N2/c1-3-15-5-4-6-18(12-15)20-13-16-8-10-19-17(11-16)9-7-14(2)21-19/h7-11,15,18,20H,3-6,12-13H2,1-2H3. The molecule has 1 aliphatic carbocycles. The molecule has 1 saturated carbocycles. The van der Waals surface area contributed by atoms with Crippen molar-refractivity contribution in [3.63, 3.8) is 0 Å². The van der Waals surface area contributed by atoms with Crippen molar-refractivity contribution < 1.29 is 0 Å². The molecular formula is C19H26N2. The monoisotopic (exact) mass is 282 g/mol. The molecule has 2 heteroatoms. The number of benzene rings is 1. The summed E-state index contributed by atoms with van der Waals surface area (Å²) in [4.78, 5) is 4.57. The maximum absolute atomic E-state index is 4.57. The van der Waals surface area contributed by atoms with Crippen LogP contribution in [0.3, 0.4) is 0 Å². The van der Waals surface area contributed by atoms with Crippen LogP contribution in [-0.4, -0.2) is 11.0 Å². The lowest BCUT2D eigenvalue weighted by Gasteiger charge is -2.29. The van der Waals surface area contributed by atoms with Crippen LogP contribution < -0.4 is 5.32 Å². The van der Waals surface area contributed by atoms with E-state index in [9.17, 15) is 0 Å². The molecular weight excluding hydrogens is 256 g/mol. The summed E-state index contributed by atoms with van der Waals surface area (Å²) in [7, 11) is 0. The van der Waals surface area contributed by atoms with Gasteiger partial charge in [-0.25, -0.2) is 0 Å². The molecule has 0 bridgehead atoms. The normalized spacial score (nSPS) is 22.6. The van der Waals surface area contributed by atoms with Crippen molar-refractivity contribution in [2.75, 3.05) is 0 Å². The lowest BCUT2D eigenvalue weighted by molar-refractivity contribution is 0.278. The zero-order chi connectivity index (χ0) is 14.7. The number of aryl methyl sites for hydroxylation is 1. The zero-order valence-corrected chi connectivity index (χ0v) is 13.2. The molecule has 2 nitrogen and oxygen atoms in total. The first kappa shape index (κ1) is 14.5. The Labute approximate surface area is 128 Å². The zero-order valence-electron chi connectivity index (χ0n) is 13.2. The first-order valence-corrected chi connectivity index (χ1v) is 8.34. The summed E-state index contributed by atoms with van der Waals surface area (Å²) in [5.41, 5.74) is 3.55. The summed E-state index contributed by atoms with van der Waals surface area (Å²) in [6, 6.07) is 11.6. The Hall–Kier alpha value is -1.41. The van der Waals surface area contributed by atoms with E-state index in [-0.39, 0.29) is 0 Å². The van der Waals surface area contributed by atoms with E-state index in [1.54, 1.807) is 0 Å². The molecule has 3 rings (SSSR count). The molecule has 1 aromatic carbocycles. The van der Waals surface area contributed by atoms with E-state index in [0.717, 1.165) is 23.7 Å². The summed E-state index contributed by atoms with van der Waals surface area (Å²) in [5, 5.41) is 5.00. The minimum atomic E-state index is 0.704. The van der Waals surface area contributed by atoms with Gasteiger partial charge in [-0.05, 0) is 49.4 Å². The van der Waals surface area contributed by atoms with Crippen molar-refractivity contribution in [3.05, 3.63) is 41.6 Å². The van der Waals surface area contributed by atoms with E-state index in [1.165, 1.54) is 43.1 Å². The molecule has 2 unspecified atom stereocenters. The summed E-state index contributed by atoms with van der Waals surface area (Å²) in [6.07, 6.45) is 6.83. The van der Waals surface area contributed by atoms with Gasteiger partial charge in [-0.2, -0.15) is 0 Å². The van der Waals surface area contributed by atoms with Crippen LogP contribution in [0.1, 0.15) is 50.3 Å². The first-order chi connectivity index (χ1) is 10.2. The number of rotatable bonds is 4. The SMILES string of the molecule is CCC1CCCC(NCc2ccc3nc(C)ccc3c2)C1. The maximum atomic E-state index is 4.57. The number of hydrogen-bond donors (Lipinski definition) is 1. The van der Waals surface area contributed by atoms with Gasteiger partial charge in [-0.3, -0.25) is 4.98 Å². The summed E-state index contributed by atoms with van der Waals surface area (Å²) in [6.45, 7) is 5.35. The van der Waals surface area contributed by atoms with Gasteiger partial charge in [0.25, 0.3) is 0 Å². The van der Waals surface area contributed by atoms with Gasteiger partial charge in [0.2, 0.25) is 0 Å². The predicted octanol–water partition coefficient (Wildman–Crippen LogP) is 4.60.